The summed E-state index contributed by atoms with van der Waals surface area (Å²) < 4.78 is 0. The van der Waals surface area contributed by atoms with Gasteiger partial charge in [0.1, 0.15) is 5.41 Å². The van der Waals surface area contributed by atoms with Crippen molar-refractivity contribution >= 4 is 11.9 Å². The fourth-order valence-electron chi connectivity index (χ4n) is 2.27. The Balaban J connectivity index is 2.11. The van der Waals surface area contributed by atoms with Crippen LogP contribution in [0.15, 0.2) is 0 Å². The van der Waals surface area contributed by atoms with Gasteiger partial charge in [0.15, 0.2) is 0 Å². The van der Waals surface area contributed by atoms with Crippen LogP contribution in [-0.4, -0.2) is 46.2 Å². The molecule has 0 aromatic carbocycles. The van der Waals surface area contributed by atoms with Gasteiger partial charge in [0.2, 0.25) is 5.91 Å². The van der Waals surface area contributed by atoms with Crippen LogP contribution in [0.25, 0.3) is 0 Å². The number of carboxylic acids is 1. The molecule has 0 spiro atoms. The van der Waals surface area contributed by atoms with E-state index < -0.39 is 11.4 Å². The molecule has 16 heavy (non-hydrogen) atoms. The number of aliphatic hydroxyl groups is 1. The molecule has 90 valence electrons. The second-order valence-electron chi connectivity index (χ2n) is 4.69. The highest BCUT2D eigenvalue weighted by Crippen LogP contribution is 2.44. The number of carbonyl (C=O) groups excluding carboxylic acids is 1. The van der Waals surface area contributed by atoms with E-state index in [0.29, 0.717) is 12.8 Å². The lowest BCUT2D eigenvalue weighted by Gasteiger charge is -2.40. The maximum atomic E-state index is 12.2. The molecule has 0 aliphatic heterocycles. The third kappa shape index (κ3) is 1.69. The quantitative estimate of drug-likeness (QED) is 0.659. The number of carboxylic acid groups (broad SMARTS) is 1. The Morgan fingerprint density at radius 1 is 1.31 bits per heavy atom. The number of amides is 1. The van der Waals surface area contributed by atoms with Gasteiger partial charge in [0.25, 0.3) is 0 Å². The summed E-state index contributed by atoms with van der Waals surface area (Å²) in [4.78, 5) is 24.9. The minimum absolute atomic E-state index is 0.0993. The minimum Gasteiger partial charge on any atom is -0.480 e. The topological polar surface area (TPSA) is 77.8 Å². The molecule has 5 nitrogen and oxygen atoms in total. The van der Waals surface area contributed by atoms with E-state index in [0.717, 1.165) is 19.3 Å². The molecule has 0 radical (unpaired) electrons. The fraction of sp³-hybridized carbons (Fsp3) is 0.818. The molecule has 0 saturated heterocycles. The summed E-state index contributed by atoms with van der Waals surface area (Å²) in [5.74, 6) is -1.30. The van der Waals surface area contributed by atoms with E-state index in [1.807, 2.05) is 0 Å². The molecule has 2 saturated carbocycles. The van der Waals surface area contributed by atoms with Gasteiger partial charge in [-0.1, -0.05) is 6.42 Å². The Hall–Kier alpha value is -1.10. The Bertz CT molecular complexity index is 307. The highest BCUT2D eigenvalue weighted by Gasteiger charge is 2.54. The van der Waals surface area contributed by atoms with Gasteiger partial charge in [0.05, 0.1) is 6.61 Å². The Kier molecular flexibility index (Phi) is 2.88. The Morgan fingerprint density at radius 3 is 2.25 bits per heavy atom. The lowest BCUT2D eigenvalue weighted by molar-refractivity contribution is -0.168. The monoisotopic (exact) mass is 227 g/mol. The number of nitrogens with zero attached hydrogens (tertiary/aromatic N) is 1. The van der Waals surface area contributed by atoms with Crippen molar-refractivity contribution in [1.82, 2.24) is 4.90 Å². The van der Waals surface area contributed by atoms with Crippen molar-refractivity contribution in [3.05, 3.63) is 0 Å². The summed E-state index contributed by atoms with van der Waals surface area (Å²) in [7, 11) is 0. The first-order chi connectivity index (χ1) is 7.62. The lowest BCUT2D eigenvalue weighted by Crippen LogP contribution is -2.53. The molecule has 0 aromatic heterocycles. The minimum atomic E-state index is -1.18. The van der Waals surface area contributed by atoms with E-state index in [4.69, 9.17) is 10.2 Å². The summed E-state index contributed by atoms with van der Waals surface area (Å²) >= 11 is 0. The molecule has 2 fully saturated rings. The van der Waals surface area contributed by atoms with Crippen LogP contribution in [0.1, 0.15) is 32.1 Å². The third-order valence-electron chi connectivity index (χ3n) is 3.62. The van der Waals surface area contributed by atoms with Crippen molar-refractivity contribution in [2.75, 3.05) is 13.2 Å². The van der Waals surface area contributed by atoms with Crippen molar-refractivity contribution in [3.63, 3.8) is 0 Å². The van der Waals surface area contributed by atoms with Crippen LogP contribution in [0.4, 0.5) is 0 Å². The van der Waals surface area contributed by atoms with Crippen LogP contribution in [0, 0.1) is 5.41 Å². The van der Waals surface area contributed by atoms with E-state index in [9.17, 15) is 9.59 Å². The third-order valence-corrected chi connectivity index (χ3v) is 3.62. The second-order valence-corrected chi connectivity index (χ2v) is 4.69. The molecule has 2 N–H and O–H groups in total. The molecule has 0 bridgehead atoms. The maximum Gasteiger partial charge on any atom is 0.319 e. The molecular weight excluding hydrogens is 210 g/mol. The fourth-order valence-corrected chi connectivity index (χ4v) is 2.27. The number of aliphatic hydroxyl groups excluding tert-OH is 1. The first kappa shape index (κ1) is 11.4. The summed E-state index contributed by atoms with van der Waals surface area (Å²) in [6.07, 6.45) is 3.55. The number of hydrogen-bond acceptors (Lipinski definition) is 3. The summed E-state index contributed by atoms with van der Waals surface area (Å²) in [6.45, 7) is 0.163. The molecule has 0 atom stereocenters. The van der Waals surface area contributed by atoms with Crippen LogP contribution in [0.2, 0.25) is 0 Å². The molecule has 0 aromatic rings. The predicted molar refractivity (Wildman–Crippen MR) is 55.7 cm³/mol. The van der Waals surface area contributed by atoms with Crippen LogP contribution in [0.5, 0.6) is 0 Å². The first-order valence-corrected chi connectivity index (χ1v) is 5.77. The van der Waals surface area contributed by atoms with Crippen LogP contribution >= 0.6 is 0 Å². The molecule has 0 heterocycles. The summed E-state index contributed by atoms with van der Waals surface area (Å²) in [5.41, 5.74) is -1.18. The first-order valence-electron chi connectivity index (χ1n) is 5.77. The largest absolute Gasteiger partial charge is 0.480 e. The maximum absolute atomic E-state index is 12.2. The second kappa shape index (κ2) is 4.05. The molecule has 2 aliphatic rings. The van der Waals surface area contributed by atoms with Crippen molar-refractivity contribution < 1.29 is 19.8 Å². The van der Waals surface area contributed by atoms with Gasteiger partial charge in [0, 0.05) is 12.6 Å². The molecule has 2 aliphatic carbocycles. The van der Waals surface area contributed by atoms with Crippen LogP contribution in [0.3, 0.4) is 0 Å². The van der Waals surface area contributed by atoms with Crippen LogP contribution in [-0.2, 0) is 9.59 Å². The zero-order chi connectivity index (χ0) is 11.8. The van der Waals surface area contributed by atoms with Gasteiger partial charge in [-0.3, -0.25) is 9.59 Å². The highest BCUT2D eigenvalue weighted by atomic mass is 16.4. The number of aliphatic carboxylic acids is 1. The molecule has 2 rings (SSSR count). The smallest absolute Gasteiger partial charge is 0.319 e. The van der Waals surface area contributed by atoms with E-state index in [-0.39, 0.29) is 25.1 Å². The standard InChI is InChI=1S/C11H17NO4/c13-7-6-12(8-2-3-8)9(14)11(10(15)16)4-1-5-11/h8,13H,1-7H2,(H,15,16). The molecule has 0 unspecified atom stereocenters. The van der Waals surface area contributed by atoms with Gasteiger partial charge in [-0.2, -0.15) is 0 Å². The SMILES string of the molecule is O=C(O)C1(C(=O)N(CCO)C2CC2)CCC1. The van der Waals surface area contributed by atoms with E-state index in [1.165, 1.54) is 0 Å². The van der Waals surface area contributed by atoms with Crippen molar-refractivity contribution in [3.8, 4) is 0 Å². The normalized spacial score (nSPS) is 22.3. The lowest BCUT2D eigenvalue weighted by atomic mass is 9.67. The van der Waals surface area contributed by atoms with Crippen molar-refractivity contribution in [2.24, 2.45) is 5.41 Å². The van der Waals surface area contributed by atoms with Gasteiger partial charge in [-0.05, 0) is 25.7 Å². The van der Waals surface area contributed by atoms with Gasteiger partial charge < -0.3 is 15.1 Å². The number of rotatable bonds is 5. The average molecular weight is 227 g/mol. The Labute approximate surface area is 94.0 Å². The average Bonchev–Trinajstić information content (AvgIpc) is 2.94. The molecule has 5 heteroatoms. The van der Waals surface area contributed by atoms with E-state index in [1.54, 1.807) is 4.90 Å². The zero-order valence-corrected chi connectivity index (χ0v) is 9.19. The number of carbonyl (C=O) groups is 2. The Morgan fingerprint density at radius 2 is 1.94 bits per heavy atom. The van der Waals surface area contributed by atoms with Gasteiger partial charge >= 0.3 is 5.97 Å². The van der Waals surface area contributed by atoms with Gasteiger partial charge in [-0.25, -0.2) is 0 Å². The summed E-state index contributed by atoms with van der Waals surface area (Å²) in [5, 5.41) is 18.1. The van der Waals surface area contributed by atoms with Crippen molar-refractivity contribution in [1.29, 1.82) is 0 Å². The summed E-state index contributed by atoms with van der Waals surface area (Å²) in [6, 6.07) is 0.163. The predicted octanol–water partition coefficient (Wildman–Crippen LogP) is 0.225. The van der Waals surface area contributed by atoms with Crippen LogP contribution < -0.4 is 0 Å². The van der Waals surface area contributed by atoms with E-state index in [2.05, 4.69) is 0 Å². The highest BCUT2D eigenvalue weighted by molar-refractivity contribution is 6.03. The van der Waals surface area contributed by atoms with Gasteiger partial charge in [-0.15, -0.1) is 0 Å². The molecule has 1 amide bonds. The zero-order valence-electron chi connectivity index (χ0n) is 9.19. The number of hydrogen-bond donors (Lipinski definition) is 2. The van der Waals surface area contributed by atoms with E-state index >= 15 is 0 Å². The molecular formula is C11H17NO4. The van der Waals surface area contributed by atoms with Crippen molar-refractivity contribution in [2.45, 2.75) is 38.1 Å².